The van der Waals surface area contributed by atoms with E-state index in [9.17, 15) is 9.59 Å². The predicted octanol–water partition coefficient (Wildman–Crippen LogP) is 6.33. The van der Waals surface area contributed by atoms with Crippen molar-refractivity contribution in [2.45, 2.75) is 30.6 Å². The number of ether oxygens (including phenoxy) is 2. The molecule has 2 aromatic heterocycles. The summed E-state index contributed by atoms with van der Waals surface area (Å²) in [5, 5.41) is 21.1. The summed E-state index contributed by atoms with van der Waals surface area (Å²) in [7, 11) is 3.17. The molecular weight excluding hydrogens is 656 g/mol. The molecule has 2 amide bonds. The lowest BCUT2D eigenvalue weighted by Crippen LogP contribution is -2.29. The van der Waals surface area contributed by atoms with Crippen molar-refractivity contribution in [3.05, 3.63) is 117 Å². The fraction of sp³-hybridized carbons (Fsp3) is 0.206. The molecule has 3 aromatic carbocycles. The van der Waals surface area contributed by atoms with Crippen LogP contribution in [0.4, 0.5) is 0 Å². The minimum absolute atomic E-state index is 0.0308. The van der Waals surface area contributed by atoms with Crippen LogP contribution in [-0.4, -0.2) is 57.3 Å². The highest BCUT2D eigenvalue weighted by Gasteiger charge is 2.36. The molecule has 1 N–H and O–H groups in total. The molecule has 1 atom stereocenters. The monoisotopic (exact) mass is 686 g/mol. The Morgan fingerprint density at radius 1 is 1.00 bits per heavy atom. The van der Waals surface area contributed by atoms with Gasteiger partial charge in [-0.1, -0.05) is 78.0 Å². The molecule has 10 nitrogen and oxygen atoms in total. The summed E-state index contributed by atoms with van der Waals surface area (Å²) in [4.78, 5) is 27.7. The number of nitrogens with one attached hydrogen (secondary N) is 1. The third kappa shape index (κ3) is 7.35. The molecule has 3 heterocycles. The lowest BCUT2D eigenvalue weighted by molar-refractivity contribution is -0.130. The van der Waals surface area contributed by atoms with E-state index in [4.69, 9.17) is 26.2 Å². The molecule has 47 heavy (non-hydrogen) atoms. The summed E-state index contributed by atoms with van der Waals surface area (Å²) in [6, 6.07) is 26.0. The van der Waals surface area contributed by atoms with Crippen LogP contribution in [0.25, 0.3) is 5.69 Å². The van der Waals surface area contributed by atoms with Crippen molar-refractivity contribution in [1.29, 1.82) is 0 Å². The summed E-state index contributed by atoms with van der Waals surface area (Å²) >= 11 is 9.16. The van der Waals surface area contributed by atoms with Gasteiger partial charge in [0, 0.05) is 17.0 Å². The number of benzene rings is 3. The summed E-state index contributed by atoms with van der Waals surface area (Å²) in [6.45, 7) is 0.137. The Morgan fingerprint density at radius 2 is 1.83 bits per heavy atom. The third-order valence-electron chi connectivity index (χ3n) is 7.51. The zero-order valence-corrected chi connectivity index (χ0v) is 28.0. The quantitative estimate of drug-likeness (QED) is 0.153. The maximum atomic E-state index is 14.0. The highest BCUT2D eigenvalue weighted by Crippen LogP contribution is 2.42. The molecule has 0 unspecified atom stereocenters. The van der Waals surface area contributed by atoms with Crippen LogP contribution in [0.1, 0.15) is 34.3 Å². The van der Waals surface area contributed by atoms with Gasteiger partial charge in [0.2, 0.25) is 5.91 Å². The molecule has 0 spiro atoms. The van der Waals surface area contributed by atoms with Crippen molar-refractivity contribution >= 4 is 52.2 Å². The molecule has 0 radical (unpaired) electrons. The van der Waals surface area contributed by atoms with Crippen LogP contribution >= 0.6 is 34.7 Å². The van der Waals surface area contributed by atoms with Gasteiger partial charge in [0.1, 0.15) is 0 Å². The van der Waals surface area contributed by atoms with Gasteiger partial charge in [-0.15, -0.1) is 21.5 Å². The number of thiophene rings is 1. The summed E-state index contributed by atoms with van der Waals surface area (Å²) in [6.07, 6.45) is 0.761. The topological polar surface area (TPSA) is 111 Å². The highest BCUT2D eigenvalue weighted by molar-refractivity contribution is 7.99. The smallest absolute Gasteiger partial charge is 0.253 e. The molecule has 1 aliphatic heterocycles. The highest BCUT2D eigenvalue weighted by atomic mass is 35.5. The minimum Gasteiger partial charge on any atom is -0.493 e. The van der Waals surface area contributed by atoms with Gasteiger partial charge < -0.3 is 14.8 Å². The largest absolute Gasteiger partial charge is 0.493 e. The van der Waals surface area contributed by atoms with Crippen LogP contribution in [0.2, 0.25) is 5.02 Å². The van der Waals surface area contributed by atoms with Crippen molar-refractivity contribution < 1.29 is 19.1 Å². The van der Waals surface area contributed by atoms with Gasteiger partial charge in [0.25, 0.3) is 5.91 Å². The summed E-state index contributed by atoms with van der Waals surface area (Å²) < 4.78 is 13.1. The molecular formula is C34H31ClN6O4S2. The standard InChI is InChI=1S/C34H31ClN6O4S2/c1-44-28-14-7-13-25(33(28)45-2)27-19-26(29-15-8-16-46-29)39-41(27)32(43)21-47-34-38-37-30(40(34)24-12-6-11-23(35)18-24)20-36-31(42)17-22-9-4-3-5-10-22/h3-16,18,27H,17,19-21H2,1-2H3,(H,36,42)/t27-/m1/s1. The predicted molar refractivity (Wildman–Crippen MR) is 184 cm³/mol. The fourth-order valence-electron chi connectivity index (χ4n) is 5.35. The van der Waals surface area contributed by atoms with E-state index in [1.807, 2.05) is 78.2 Å². The number of thioether (sulfide) groups is 1. The third-order valence-corrected chi connectivity index (χ3v) is 9.57. The normalized spacial score (nSPS) is 14.1. The van der Waals surface area contributed by atoms with Gasteiger partial charge in [-0.2, -0.15) is 5.10 Å². The van der Waals surface area contributed by atoms with Crippen LogP contribution in [-0.2, 0) is 22.6 Å². The van der Waals surface area contributed by atoms with E-state index in [0.717, 1.165) is 21.7 Å². The molecule has 0 saturated carbocycles. The van der Waals surface area contributed by atoms with Gasteiger partial charge >= 0.3 is 0 Å². The number of amides is 2. The number of carbonyl (C=O) groups excluding carboxylic acids is 2. The van der Waals surface area contributed by atoms with Crippen LogP contribution in [0, 0.1) is 0 Å². The Kier molecular flexibility index (Phi) is 10.2. The van der Waals surface area contributed by atoms with E-state index in [2.05, 4.69) is 15.5 Å². The first-order valence-corrected chi connectivity index (χ1v) is 17.0. The second-order valence-corrected chi connectivity index (χ2v) is 12.8. The van der Waals surface area contributed by atoms with E-state index < -0.39 is 6.04 Å². The lowest BCUT2D eigenvalue weighted by Gasteiger charge is -2.24. The van der Waals surface area contributed by atoms with Crippen molar-refractivity contribution in [2.75, 3.05) is 20.0 Å². The zero-order valence-electron chi connectivity index (χ0n) is 25.6. The number of para-hydroxylation sites is 1. The zero-order chi connectivity index (χ0) is 32.8. The molecule has 6 rings (SSSR count). The maximum Gasteiger partial charge on any atom is 0.253 e. The Hall–Kier alpha value is -4.65. The maximum absolute atomic E-state index is 14.0. The minimum atomic E-state index is -0.397. The number of halogens is 1. The number of methoxy groups -OCH3 is 2. The Morgan fingerprint density at radius 3 is 2.57 bits per heavy atom. The van der Waals surface area contributed by atoms with Gasteiger partial charge in [-0.3, -0.25) is 14.2 Å². The van der Waals surface area contributed by atoms with Crippen molar-refractivity contribution in [2.24, 2.45) is 5.10 Å². The first kappa shape index (κ1) is 32.3. The van der Waals surface area contributed by atoms with E-state index >= 15 is 0 Å². The van der Waals surface area contributed by atoms with Crippen LogP contribution < -0.4 is 14.8 Å². The second-order valence-electron chi connectivity index (χ2n) is 10.5. The molecule has 5 aromatic rings. The van der Waals surface area contributed by atoms with Crippen molar-refractivity contribution in [1.82, 2.24) is 25.1 Å². The van der Waals surface area contributed by atoms with Crippen LogP contribution in [0.15, 0.2) is 101 Å². The van der Waals surface area contributed by atoms with Crippen molar-refractivity contribution in [3.8, 4) is 17.2 Å². The van der Waals surface area contributed by atoms with E-state index in [-0.39, 0.29) is 30.5 Å². The van der Waals surface area contributed by atoms with Crippen LogP contribution in [0.5, 0.6) is 11.5 Å². The summed E-state index contributed by atoms with van der Waals surface area (Å²) in [5.41, 5.74) is 3.25. The molecule has 240 valence electrons. The average molecular weight is 687 g/mol. The van der Waals surface area contributed by atoms with E-state index in [1.165, 1.54) is 16.8 Å². The van der Waals surface area contributed by atoms with Gasteiger partial charge in [-0.05, 0) is 41.3 Å². The molecule has 0 aliphatic carbocycles. The number of hydrogen-bond donors (Lipinski definition) is 1. The van der Waals surface area contributed by atoms with Crippen molar-refractivity contribution in [3.63, 3.8) is 0 Å². The van der Waals surface area contributed by atoms with Gasteiger partial charge in [-0.25, -0.2) is 5.01 Å². The van der Waals surface area contributed by atoms with Gasteiger partial charge in [0.15, 0.2) is 22.5 Å². The van der Waals surface area contributed by atoms with E-state index in [0.29, 0.717) is 39.6 Å². The first-order chi connectivity index (χ1) is 22.9. The number of hydrogen-bond acceptors (Lipinski definition) is 9. The Labute approximate surface area is 285 Å². The molecule has 0 bridgehead atoms. The summed E-state index contributed by atoms with van der Waals surface area (Å²) in [5.74, 6) is 1.32. The lowest BCUT2D eigenvalue weighted by atomic mass is 9.99. The number of hydrazone groups is 1. The molecule has 0 fully saturated rings. The van der Waals surface area contributed by atoms with E-state index in [1.54, 1.807) is 42.3 Å². The molecule has 0 saturated heterocycles. The molecule has 1 aliphatic rings. The SMILES string of the molecule is COc1cccc([C@H]2CC(c3cccs3)=NN2C(=O)CSc2nnc(CNC(=O)Cc3ccccc3)n2-c2cccc(Cl)c2)c1OC. The Balaban J connectivity index is 1.24. The number of nitrogens with zero attached hydrogens (tertiary/aromatic N) is 5. The second kappa shape index (κ2) is 14.8. The first-order valence-electron chi connectivity index (χ1n) is 14.7. The average Bonchev–Trinajstić information content (AvgIpc) is 3.86. The Bertz CT molecular complexity index is 1900. The fourth-order valence-corrected chi connectivity index (χ4v) is 7.07. The number of carbonyl (C=O) groups is 2. The number of aromatic nitrogens is 3. The molecule has 13 heteroatoms. The van der Waals surface area contributed by atoms with Gasteiger partial charge in [0.05, 0.1) is 55.3 Å². The van der Waals surface area contributed by atoms with Crippen LogP contribution in [0.3, 0.4) is 0 Å². The number of rotatable bonds is 12.